The van der Waals surface area contributed by atoms with Crippen LogP contribution in [0.25, 0.3) is 0 Å². The highest BCUT2D eigenvalue weighted by Gasteiger charge is 2.29. The van der Waals surface area contributed by atoms with E-state index in [-0.39, 0.29) is 29.6 Å². The molecule has 0 saturated carbocycles. The second-order valence-corrected chi connectivity index (χ2v) is 4.42. The van der Waals surface area contributed by atoms with Gasteiger partial charge in [0.2, 0.25) is 0 Å². The minimum Gasteiger partial charge on any atom is -0.338 e. The van der Waals surface area contributed by atoms with Gasteiger partial charge in [-0.3, -0.25) is 14.9 Å². The maximum Gasteiger partial charge on any atom is 0.282 e. The van der Waals surface area contributed by atoms with Gasteiger partial charge < -0.3 is 10.6 Å². The number of nitro groups is 1. The van der Waals surface area contributed by atoms with E-state index in [0.717, 1.165) is 6.42 Å². The molecule has 1 aromatic carbocycles. The zero-order valence-corrected chi connectivity index (χ0v) is 11.1. The molecule has 2 rings (SSSR count). The minimum atomic E-state index is -0.524. The first kappa shape index (κ1) is 15.4. The number of carbonyl (C=O) groups excluding carboxylic acids is 1. The highest BCUT2D eigenvalue weighted by molar-refractivity contribution is 5.98. The number of rotatable bonds is 3. The lowest BCUT2D eigenvalue weighted by Crippen LogP contribution is -2.30. The van der Waals surface area contributed by atoms with Gasteiger partial charge in [-0.25, -0.2) is 0 Å². The smallest absolute Gasteiger partial charge is 0.282 e. The molecule has 1 unspecified atom stereocenters. The van der Waals surface area contributed by atoms with Gasteiger partial charge in [-0.15, -0.1) is 12.4 Å². The van der Waals surface area contributed by atoms with Crippen molar-refractivity contribution in [2.45, 2.75) is 6.42 Å². The first-order chi connectivity index (χ1) is 8.63. The molecule has 1 fully saturated rings. The first-order valence-corrected chi connectivity index (χ1v) is 5.86. The number of hydrogen-bond acceptors (Lipinski definition) is 4. The number of para-hydroxylation sites is 1. The van der Waals surface area contributed by atoms with E-state index in [4.69, 9.17) is 5.73 Å². The Morgan fingerprint density at radius 2 is 2.16 bits per heavy atom. The summed E-state index contributed by atoms with van der Waals surface area (Å²) in [7, 11) is 0. The quantitative estimate of drug-likeness (QED) is 0.672. The lowest BCUT2D eigenvalue weighted by atomic mass is 10.1. The molecule has 0 bridgehead atoms. The molecule has 2 N–H and O–H groups in total. The van der Waals surface area contributed by atoms with Crippen molar-refractivity contribution in [3.05, 3.63) is 39.9 Å². The third kappa shape index (κ3) is 3.21. The van der Waals surface area contributed by atoms with Crippen molar-refractivity contribution in [3.63, 3.8) is 0 Å². The van der Waals surface area contributed by atoms with Gasteiger partial charge in [0.25, 0.3) is 11.6 Å². The molecule has 19 heavy (non-hydrogen) atoms. The molecular weight excluding hydrogens is 270 g/mol. The Morgan fingerprint density at radius 1 is 1.47 bits per heavy atom. The topological polar surface area (TPSA) is 89.5 Å². The largest absolute Gasteiger partial charge is 0.338 e. The molecule has 1 aliphatic rings. The van der Waals surface area contributed by atoms with Crippen LogP contribution in [0.15, 0.2) is 24.3 Å². The summed E-state index contributed by atoms with van der Waals surface area (Å²) in [4.78, 5) is 24.2. The molecule has 7 heteroatoms. The van der Waals surface area contributed by atoms with Gasteiger partial charge in [-0.1, -0.05) is 12.1 Å². The zero-order chi connectivity index (χ0) is 13.1. The molecule has 1 amide bonds. The van der Waals surface area contributed by atoms with E-state index in [2.05, 4.69) is 0 Å². The van der Waals surface area contributed by atoms with Crippen LogP contribution in [0.3, 0.4) is 0 Å². The molecule has 1 heterocycles. The molecule has 0 radical (unpaired) electrons. The molecule has 0 aromatic heterocycles. The molecule has 104 valence electrons. The number of halogens is 1. The third-order valence-corrected chi connectivity index (χ3v) is 3.24. The van der Waals surface area contributed by atoms with Crippen molar-refractivity contribution in [3.8, 4) is 0 Å². The van der Waals surface area contributed by atoms with Crippen molar-refractivity contribution in [2.75, 3.05) is 19.6 Å². The summed E-state index contributed by atoms with van der Waals surface area (Å²) in [6, 6.07) is 6.04. The van der Waals surface area contributed by atoms with Crippen LogP contribution < -0.4 is 5.73 Å². The van der Waals surface area contributed by atoms with Crippen LogP contribution in [-0.4, -0.2) is 35.4 Å². The van der Waals surface area contributed by atoms with Crippen LogP contribution in [0.2, 0.25) is 0 Å². The highest BCUT2D eigenvalue weighted by Crippen LogP contribution is 2.23. The van der Waals surface area contributed by atoms with Crippen LogP contribution in [-0.2, 0) is 0 Å². The molecule has 0 spiro atoms. The van der Waals surface area contributed by atoms with Crippen molar-refractivity contribution in [2.24, 2.45) is 11.7 Å². The average Bonchev–Trinajstić information content (AvgIpc) is 2.86. The molecule has 1 atom stereocenters. The van der Waals surface area contributed by atoms with E-state index >= 15 is 0 Å². The molecular formula is C12H16ClN3O3. The predicted octanol–water partition coefficient (Wildman–Crippen LogP) is 1.44. The lowest BCUT2D eigenvalue weighted by molar-refractivity contribution is -0.385. The highest BCUT2D eigenvalue weighted by atomic mass is 35.5. The Bertz CT molecular complexity index is 481. The van der Waals surface area contributed by atoms with Crippen LogP contribution in [0, 0.1) is 16.0 Å². The van der Waals surface area contributed by atoms with Crippen LogP contribution >= 0.6 is 12.4 Å². The monoisotopic (exact) mass is 285 g/mol. The van der Waals surface area contributed by atoms with Crippen LogP contribution in [0.1, 0.15) is 16.8 Å². The van der Waals surface area contributed by atoms with Gasteiger partial charge in [0.1, 0.15) is 5.56 Å². The fourth-order valence-corrected chi connectivity index (χ4v) is 2.19. The van der Waals surface area contributed by atoms with Crippen LogP contribution in [0.4, 0.5) is 5.69 Å². The maximum absolute atomic E-state index is 12.2. The SMILES string of the molecule is Cl.NCC1CCN(C(=O)c2ccccc2[N+](=O)[O-])C1. The maximum atomic E-state index is 12.2. The fourth-order valence-electron chi connectivity index (χ4n) is 2.19. The standard InChI is InChI=1S/C12H15N3O3.ClH/c13-7-9-5-6-14(8-9)12(16)10-3-1-2-4-11(10)15(17)18;/h1-4,9H,5-8,13H2;1H. The number of carbonyl (C=O) groups is 1. The summed E-state index contributed by atoms with van der Waals surface area (Å²) in [6.45, 7) is 1.74. The number of nitrogens with zero attached hydrogens (tertiary/aromatic N) is 2. The molecule has 6 nitrogen and oxygen atoms in total. The average molecular weight is 286 g/mol. The van der Waals surface area contributed by atoms with Gasteiger partial charge in [0, 0.05) is 19.2 Å². The number of hydrogen-bond donors (Lipinski definition) is 1. The summed E-state index contributed by atoms with van der Waals surface area (Å²) >= 11 is 0. The molecule has 1 aliphatic heterocycles. The number of nitrogens with two attached hydrogens (primary N) is 1. The van der Waals surface area contributed by atoms with E-state index < -0.39 is 4.92 Å². The van der Waals surface area contributed by atoms with Gasteiger partial charge in [0.15, 0.2) is 0 Å². The Morgan fingerprint density at radius 3 is 2.74 bits per heavy atom. The number of amides is 1. The summed E-state index contributed by atoms with van der Waals surface area (Å²) in [5, 5.41) is 10.9. The van der Waals surface area contributed by atoms with Gasteiger partial charge >= 0.3 is 0 Å². The second-order valence-electron chi connectivity index (χ2n) is 4.42. The lowest BCUT2D eigenvalue weighted by Gasteiger charge is -2.16. The van der Waals surface area contributed by atoms with Crippen LogP contribution in [0.5, 0.6) is 0 Å². The summed E-state index contributed by atoms with van der Waals surface area (Å²) in [5.41, 5.74) is 5.58. The Labute approximate surface area is 117 Å². The Balaban J connectivity index is 0.00000180. The number of likely N-dealkylation sites (tertiary alicyclic amines) is 1. The minimum absolute atomic E-state index is 0. The predicted molar refractivity (Wildman–Crippen MR) is 73.4 cm³/mol. The second kappa shape index (κ2) is 6.49. The Hall–Kier alpha value is -1.66. The molecule has 1 aromatic rings. The summed E-state index contributed by atoms with van der Waals surface area (Å²) in [5.74, 6) is 0.0231. The number of benzene rings is 1. The van der Waals surface area contributed by atoms with E-state index in [1.165, 1.54) is 12.1 Å². The van der Waals surface area contributed by atoms with Crippen molar-refractivity contribution in [1.82, 2.24) is 4.90 Å². The first-order valence-electron chi connectivity index (χ1n) is 5.86. The third-order valence-electron chi connectivity index (χ3n) is 3.24. The fraction of sp³-hybridized carbons (Fsp3) is 0.417. The van der Waals surface area contributed by atoms with E-state index in [0.29, 0.717) is 25.6 Å². The van der Waals surface area contributed by atoms with Gasteiger partial charge in [0.05, 0.1) is 4.92 Å². The van der Waals surface area contributed by atoms with Gasteiger partial charge in [-0.2, -0.15) is 0 Å². The van der Waals surface area contributed by atoms with Crippen molar-refractivity contribution in [1.29, 1.82) is 0 Å². The zero-order valence-electron chi connectivity index (χ0n) is 10.3. The molecule has 1 saturated heterocycles. The van der Waals surface area contributed by atoms with E-state index in [1.54, 1.807) is 17.0 Å². The number of nitro benzene ring substituents is 1. The summed E-state index contributed by atoms with van der Waals surface area (Å²) in [6.07, 6.45) is 0.864. The van der Waals surface area contributed by atoms with Crippen molar-refractivity contribution >= 4 is 24.0 Å². The van der Waals surface area contributed by atoms with Gasteiger partial charge in [-0.05, 0) is 24.9 Å². The molecule has 0 aliphatic carbocycles. The Kier molecular flexibility index (Phi) is 5.26. The van der Waals surface area contributed by atoms with Crippen molar-refractivity contribution < 1.29 is 9.72 Å². The van der Waals surface area contributed by atoms with E-state index in [9.17, 15) is 14.9 Å². The summed E-state index contributed by atoms with van der Waals surface area (Å²) < 4.78 is 0. The normalized spacial score (nSPS) is 17.9. The van der Waals surface area contributed by atoms with E-state index in [1.807, 2.05) is 0 Å².